The minimum Gasteiger partial charge on any atom is -0.346 e. The van der Waals surface area contributed by atoms with E-state index in [0.29, 0.717) is 19.5 Å². The average molecular weight is 295 g/mol. The van der Waals surface area contributed by atoms with E-state index in [1.807, 2.05) is 6.20 Å². The van der Waals surface area contributed by atoms with Crippen LogP contribution in [0, 0.1) is 5.92 Å². The van der Waals surface area contributed by atoms with Crippen LogP contribution in [0.3, 0.4) is 0 Å². The van der Waals surface area contributed by atoms with Crippen molar-refractivity contribution in [1.29, 1.82) is 0 Å². The highest BCUT2D eigenvalue weighted by molar-refractivity contribution is 7.11. The number of piperidine rings is 1. The standard InChI is InChI=1S/C14H21N3O2S/c1-4-11-8-15-12(20-11)9-17(3)14(19)10-5-6-16(2)13(18)7-10/h8,10H,4-7,9H2,1-3H3. The van der Waals surface area contributed by atoms with E-state index in [0.717, 1.165) is 17.8 Å². The fourth-order valence-electron chi connectivity index (χ4n) is 2.33. The van der Waals surface area contributed by atoms with Crippen LogP contribution in [-0.2, 0) is 22.6 Å². The van der Waals surface area contributed by atoms with Gasteiger partial charge in [0.15, 0.2) is 0 Å². The molecule has 110 valence electrons. The number of carbonyl (C=O) groups is 2. The zero-order chi connectivity index (χ0) is 14.7. The molecular weight excluding hydrogens is 274 g/mol. The molecule has 5 nitrogen and oxygen atoms in total. The summed E-state index contributed by atoms with van der Waals surface area (Å²) in [6.45, 7) is 3.29. The Morgan fingerprint density at radius 3 is 2.95 bits per heavy atom. The summed E-state index contributed by atoms with van der Waals surface area (Å²) in [6, 6.07) is 0. The number of carbonyl (C=O) groups excluding carboxylic acids is 2. The van der Waals surface area contributed by atoms with Gasteiger partial charge >= 0.3 is 0 Å². The summed E-state index contributed by atoms with van der Waals surface area (Å²) in [4.78, 5) is 33.0. The Kier molecular flexibility index (Phi) is 4.75. The fraction of sp³-hybridized carbons (Fsp3) is 0.643. The van der Waals surface area contributed by atoms with Crippen LogP contribution in [0.4, 0.5) is 0 Å². The smallest absolute Gasteiger partial charge is 0.226 e. The summed E-state index contributed by atoms with van der Waals surface area (Å²) in [5.41, 5.74) is 0. The Morgan fingerprint density at radius 2 is 2.35 bits per heavy atom. The first-order chi connectivity index (χ1) is 9.51. The highest BCUT2D eigenvalue weighted by Crippen LogP contribution is 2.21. The minimum atomic E-state index is -0.172. The van der Waals surface area contributed by atoms with E-state index in [1.165, 1.54) is 4.88 Å². The third kappa shape index (κ3) is 3.36. The molecule has 2 heterocycles. The molecule has 0 aliphatic carbocycles. The van der Waals surface area contributed by atoms with E-state index in [4.69, 9.17) is 0 Å². The van der Waals surface area contributed by atoms with Crippen molar-refractivity contribution >= 4 is 23.2 Å². The van der Waals surface area contributed by atoms with Crippen LogP contribution in [0.15, 0.2) is 6.20 Å². The first kappa shape index (κ1) is 15.0. The molecule has 6 heteroatoms. The van der Waals surface area contributed by atoms with Crippen LogP contribution in [0.1, 0.15) is 29.7 Å². The van der Waals surface area contributed by atoms with Crippen LogP contribution in [0.5, 0.6) is 0 Å². The van der Waals surface area contributed by atoms with Crippen LogP contribution in [-0.4, -0.2) is 47.2 Å². The number of rotatable bonds is 4. The molecule has 0 radical (unpaired) electrons. The normalized spacial score (nSPS) is 19.2. The van der Waals surface area contributed by atoms with Crippen LogP contribution >= 0.6 is 11.3 Å². The Labute approximate surface area is 123 Å². The summed E-state index contributed by atoms with van der Waals surface area (Å²) < 4.78 is 0. The highest BCUT2D eigenvalue weighted by Gasteiger charge is 2.30. The second-order valence-electron chi connectivity index (χ2n) is 5.27. The molecule has 1 unspecified atom stereocenters. The van der Waals surface area contributed by atoms with Crippen LogP contribution in [0.2, 0.25) is 0 Å². The van der Waals surface area contributed by atoms with E-state index in [1.54, 1.807) is 35.2 Å². The molecule has 1 aromatic rings. The van der Waals surface area contributed by atoms with Crippen molar-refractivity contribution in [2.24, 2.45) is 5.92 Å². The molecule has 0 bridgehead atoms. The topological polar surface area (TPSA) is 53.5 Å². The van der Waals surface area contributed by atoms with Gasteiger partial charge in [-0.1, -0.05) is 6.92 Å². The lowest BCUT2D eigenvalue weighted by Gasteiger charge is -2.30. The second-order valence-corrected chi connectivity index (χ2v) is 6.47. The number of nitrogens with zero attached hydrogens (tertiary/aromatic N) is 3. The molecule has 1 fully saturated rings. The molecule has 0 N–H and O–H groups in total. The number of aryl methyl sites for hydroxylation is 1. The lowest BCUT2D eigenvalue weighted by Crippen LogP contribution is -2.42. The van der Waals surface area contributed by atoms with Crippen molar-refractivity contribution in [2.75, 3.05) is 20.6 Å². The third-order valence-corrected chi connectivity index (χ3v) is 4.83. The molecule has 1 saturated heterocycles. The van der Waals surface area contributed by atoms with Crippen LogP contribution in [0.25, 0.3) is 0 Å². The fourth-order valence-corrected chi connectivity index (χ4v) is 3.25. The number of hydrogen-bond acceptors (Lipinski definition) is 4. The van der Waals surface area contributed by atoms with Gasteiger partial charge in [-0.05, 0) is 12.8 Å². The average Bonchev–Trinajstić information content (AvgIpc) is 2.88. The van der Waals surface area contributed by atoms with Crippen molar-refractivity contribution in [3.05, 3.63) is 16.1 Å². The quantitative estimate of drug-likeness (QED) is 0.846. The minimum absolute atomic E-state index is 0.0553. The lowest BCUT2D eigenvalue weighted by atomic mass is 9.95. The van der Waals surface area contributed by atoms with E-state index in [-0.39, 0.29) is 17.7 Å². The molecule has 1 atom stereocenters. The molecular formula is C14H21N3O2S. The van der Waals surface area contributed by atoms with E-state index < -0.39 is 0 Å². The van der Waals surface area contributed by atoms with E-state index >= 15 is 0 Å². The molecule has 0 spiro atoms. The SMILES string of the molecule is CCc1cnc(CN(C)C(=O)C2CCN(C)C(=O)C2)s1. The molecule has 0 saturated carbocycles. The zero-order valence-electron chi connectivity index (χ0n) is 12.3. The van der Waals surface area contributed by atoms with E-state index in [9.17, 15) is 9.59 Å². The predicted molar refractivity (Wildman–Crippen MR) is 78.3 cm³/mol. The maximum atomic E-state index is 12.4. The summed E-state index contributed by atoms with van der Waals surface area (Å²) in [5.74, 6) is -0.0560. The summed E-state index contributed by atoms with van der Waals surface area (Å²) in [5, 5.41) is 0.956. The Bertz CT molecular complexity index is 500. The van der Waals surface area contributed by atoms with Gasteiger partial charge in [0, 0.05) is 44.1 Å². The van der Waals surface area contributed by atoms with Gasteiger partial charge in [0.2, 0.25) is 11.8 Å². The summed E-state index contributed by atoms with van der Waals surface area (Å²) in [6.07, 6.45) is 3.93. The molecule has 2 rings (SSSR count). The Morgan fingerprint density at radius 1 is 1.60 bits per heavy atom. The highest BCUT2D eigenvalue weighted by atomic mass is 32.1. The second kappa shape index (κ2) is 6.35. The maximum absolute atomic E-state index is 12.4. The third-order valence-electron chi connectivity index (χ3n) is 3.71. The predicted octanol–water partition coefficient (Wildman–Crippen LogP) is 1.53. The number of thiazole rings is 1. The largest absolute Gasteiger partial charge is 0.346 e. The number of hydrogen-bond donors (Lipinski definition) is 0. The van der Waals surface area contributed by atoms with Gasteiger partial charge in [-0.3, -0.25) is 9.59 Å². The molecule has 1 aromatic heterocycles. The van der Waals surface area contributed by atoms with Crippen molar-refractivity contribution in [2.45, 2.75) is 32.7 Å². The van der Waals surface area contributed by atoms with Crippen LogP contribution < -0.4 is 0 Å². The number of aromatic nitrogens is 1. The summed E-state index contributed by atoms with van der Waals surface area (Å²) >= 11 is 1.65. The van der Waals surface area contributed by atoms with Gasteiger partial charge in [-0.25, -0.2) is 4.98 Å². The Hall–Kier alpha value is -1.43. The van der Waals surface area contributed by atoms with Crippen molar-refractivity contribution in [1.82, 2.24) is 14.8 Å². The van der Waals surface area contributed by atoms with Crippen molar-refractivity contribution in [3.8, 4) is 0 Å². The van der Waals surface area contributed by atoms with Crippen molar-refractivity contribution in [3.63, 3.8) is 0 Å². The van der Waals surface area contributed by atoms with Gasteiger partial charge < -0.3 is 9.80 Å². The molecule has 2 amide bonds. The van der Waals surface area contributed by atoms with Gasteiger partial charge in [0.1, 0.15) is 5.01 Å². The van der Waals surface area contributed by atoms with Gasteiger partial charge in [-0.2, -0.15) is 0 Å². The molecule has 1 aliphatic rings. The van der Waals surface area contributed by atoms with Gasteiger partial charge in [0.05, 0.1) is 6.54 Å². The lowest BCUT2D eigenvalue weighted by molar-refractivity contribution is -0.143. The molecule has 0 aromatic carbocycles. The van der Waals surface area contributed by atoms with Gasteiger partial charge in [-0.15, -0.1) is 11.3 Å². The van der Waals surface area contributed by atoms with Crippen molar-refractivity contribution < 1.29 is 9.59 Å². The van der Waals surface area contributed by atoms with E-state index in [2.05, 4.69) is 11.9 Å². The Balaban J connectivity index is 1.93. The summed E-state index contributed by atoms with van der Waals surface area (Å²) in [7, 11) is 3.58. The monoisotopic (exact) mass is 295 g/mol. The zero-order valence-corrected chi connectivity index (χ0v) is 13.1. The number of amides is 2. The molecule has 1 aliphatic heterocycles. The first-order valence-corrected chi connectivity index (χ1v) is 7.75. The molecule has 20 heavy (non-hydrogen) atoms. The van der Waals surface area contributed by atoms with Gasteiger partial charge in [0.25, 0.3) is 0 Å². The number of likely N-dealkylation sites (tertiary alicyclic amines) is 1. The maximum Gasteiger partial charge on any atom is 0.226 e. The first-order valence-electron chi connectivity index (χ1n) is 6.93.